The fraction of sp³-hybridized carbons (Fsp3) is 1.00. The Bertz CT molecular complexity index is 205. The molecule has 0 aromatic rings. The Hall–Kier alpha value is -0.0800. The first kappa shape index (κ1) is 14.3. The van der Waals surface area contributed by atoms with Gasteiger partial charge in [-0.3, -0.25) is 0 Å². The summed E-state index contributed by atoms with van der Waals surface area (Å²) in [4.78, 5) is 0. The summed E-state index contributed by atoms with van der Waals surface area (Å²) < 4.78 is 6.07. The quantitative estimate of drug-likeness (QED) is 0.750. The van der Waals surface area contributed by atoms with Gasteiger partial charge in [0.15, 0.2) is 0 Å². The van der Waals surface area contributed by atoms with Gasteiger partial charge in [0, 0.05) is 12.6 Å². The van der Waals surface area contributed by atoms with Crippen LogP contribution in [0.3, 0.4) is 0 Å². The van der Waals surface area contributed by atoms with E-state index in [0.717, 1.165) is 19.1 Å². The second-order valence-corrected chi connectivity index (χ2v) is 6.14. The van der Waals surface area contributed by atoms with Crippen LogP contribution >= 0.6 is 0 Å². The second-order valence-electron chi connectivity index (χ2n) is 6.14. The normalized spacial score (nSPS) is 28.8. The molecule has 2 fully saturated rings. The van der Waals surface area contributed by atoms with Crippen molar-refractivity contribution in [2.45, 2.75) is 83.3 Å². The summed E-state index contributed by atoms with van der Waals surface area (Å²) in [6.45, 7) is 4.40. The van der Waals surface area contributed by atoms with E-state index in [4.69, 9.17) is 4.74 Å². The van der Waals surface area contributed by atoms with Gasteiger partial charge in [0.1, 0.15) is 0 Å². The van der Waals surface area contributed by atoms with E-state index < -0.39 is 0 Å². The molecule has 2 nitrogen and oxygen atoms in total. The average Bonchev–Trinajstić information content (AvgIpc) is 2.70. The lowest BCUT2D eigenvalue weighted by Gasteiger charge is -2.36. The van der Waals surface area contributed by atoms with E-state index in [9.17, 15) is 0 Å². The highest BCUT2D eigenvalue weighted by Gasteiger charge is 2.31. The zero-order valence-electron chi connectivity index (χ0n) is 12.1. The van der Waals surface area contributed by atoms with Crippen molar-refractivity contribution in [3.05, 3.63) is 0 Å². The molecular weight excluding hydrogens is 222 g/mol. The molecule has 1 aliphatic carbocycles. The Morgan fingerprint density at radius 1 is 1.00 bits per heavy atom. The summed E-state index contributed by atoms with van der Waals surface area (Å²) in [6, 6.07) is 0.628. The predicted molar refractivity (Wildman–Crippen MR) is 76.9 cm³/mol. The van der Waals surface area contributed by atoms with Crippen LogP contribution < -0.4 is 5.32 Å². The van der Waals surface area contributed by atoms with Gasteiger partial charge in [-0.05, 0) is 51.0 Å². The molecule has 0 aromatic carbocycles. The van der Waals surface area contributed by atoms with E-state index in [1.807, 2.05) is 0 Å². The maximum absolute atomic E-state index is 6.07. The minimum atomic E-state index is 0.494. The monoisotopic (exact) mass is 253 g/mol. The van der Waals surface area contributed by atoms with Gasteiger partial charge in [-0.2, -0.15) is 0 Å². The van der Waals surface area contributed by atoms with Crippen LogP contribution in [0, 0.1) is 5.92 Å². The van der Waals surface area contributed by atoms with Crippen LogP contribution in [0.1, 0.15) is 71.1 Å². The first-order valence-corrected chi connectivity index (χ1v) is 8.27. The summed E-state index contributed by atoms with van der Waals surface area (Å²) in [5.41, 5.74) is 0. The molecule has 1 N–H and O–H groups in total. The van der Waals surface area contributed by atoms with E-state index in [-0.39, 0.29) is 0 Å². The van der Waals surface area contributed by atoms with Gasteiger partial charge in [-0.25, -0.2) is 0 Å². The zero-order valence-corrected chi connectivity index (χ0v) is 12.1. The van der Waals surface area contributed by atoms with Gasteiger partial charge in [0.2, 0.25) is 0 Å². The van der Waals surface area contributed by atoms with E-state index in [0.29, 0.717) is 12.1 Å². The lowest BCUT2D eigenvalue weighted by atomic mass is 9.85. The molecule has 1 saturated heterocycles. The van der Waals surface area contributed by atoms with Crippen molar-refractivity contribution >= 4 is 0 Å². The molecule has 2 heteroatoms. The van der Waals surface area contributed by atoms with E-state index >= 15 is 0 Å². The highest BCUT2D eigenvalue weighted by molar-refractivity contribution is 4.86. The molecule has 1 aliphatic heterocycles. The minimum Gasteiger partial charge on any atom is -0.377 e. The molecule has 1 saturated carbocycles. The van der Waals surface area contributed by atoms with Gasteiger partial charge >= 0.3 is 0 Å². The highest BCUT2D eigenvalue weighted by atomic mass is 16.5. The number of nitrogens with one attached hydrogen (secondary N) is 1. The highest BCUT2D eigenvalue weighted by Crippen LogP contribution is 2.30. The average molecular weight is 253 g/mol. The first-order valence-electron chi connectivity index (χ1n) is 8.27. The van der Waals surface area contributed by atoms with Crippen molar-refractivity contribution in [3.8, 4) is 0 Å². The number of hydrogen-bond acceptors (Lipinski definition) is 2. The fourth-order valence-electron chi connectivity index (χ4n) is 3.63. The Morgan fingerprint density at radius 2 is 1.72 bits per heavy atom. The Morgan fingerprint density at radius 3 is 2.33 bits per heavy atom. The van der Waals surface area contributed by atoms with Crippen LogP contribution in [-0.2, 0) is 4.74 Å². The summed E-state index contributed by atoms with van der Waals surface area (Å²) >= 11 is 0. The summed E-state index contributed by atoms with van der Waals surface area (Å²) in [6.07, 6.45) is 14.2. The lowest BCUT2D eigenvalue weighted by Crippen LogP contribution is -2.48. The molecule has 106 valence electrons. The van der Waals surface area contributed by atoms with Gasteiger partial charge in [-0.1, -0.05) is 32.6 Å². The Balaban J connectivity index is 1.92. The van der Waals surface area contributed by atoms with Crippen LogP contribution in [0.4, 0.5) is 0 Å². The van der Waals surface area contributed by atoms with Crippen molar-refractivity contribution in [3.63, 3.8) is 0 Å². The number of ether oxygens (including phenoxy) is 1. The van der Waals surface area contributed by atoms with E-state index in [1.165, 1.54) is 64.2 Å². The predicted octanol–water partition coefficient (Wildman–Crippen LogP) is 3.89. The van der Waals surface area contributed by atoms with E-state index in [2.05, 4.69) is 12.2 Å². The van der Waals surface area contributed by atoms with Crippen LogP contribution in [0.25, 0.3) is 0 Å². The molecule has 18 heavy (non-hydrogen) atoms. The molecular formula is C16H31NO. The van der Waals surface area contributed by atoms with Crippen LogP contribution in [0.5, 0.6) is 0 Å². The minimum absolute atomic E-state index is 0.494. The van der Waals surface area contributed by atoms with Crippen molar-refractivity contribution in [1.82, 2.24) is 5.32 Å². The smallest absolute Gasteiger partial charge is 0.0730 e. The molecule has 0 amide bonds. The summed E-state index contributed by atoms with van der Waals surface area (Å²) in [5, 5.41) is 3.81. The first-order chi connectivity index (χ1) is 8.92. The van der Waals surface area contributed by atoms with Crippen molar-refractivity contribution in [2.24, 2.45) is 5.92 Å². The second kappa shape index (κ2) is 8.16. The molecule has 0 radical (unpaired) electrons. The maximum atomic E-state index is 6.07. The van der Waals surface area contributed by atoms with Crippen molar-refractivity contribution in [1.29, 1.82) is 0 Å². The molecule has 2 unspecified atom stereocenters. The summed E-state index contributed by atoms with van der Waals surface area (Å²) in [5.74, 6) is 0.863. The van der Waals surface area contributed by atoms with Crippen LogP contribution in [0.2, 0.25) is 0 Å². The van der Waals surface area contributed by atoms with Crippen molar-refractivity contribution in [2.75, 3.05) is 13.2 Å². The molecule has 2 aliphatic rings. The van der Waals surface area contributed by atoms with Gasteiger partial charge in [-0.15, -0.1) is 0 Å². The van der Waals surface area contributed by atoms with Gasteiger partial charge in [0.25, 0.3) is 0 Å². The molecule has 2 rings (SSSR count). The lowest BCUT2D eigenvalue weighted by molar-refractivity contribution is -0.0227. The Kier molecular flexibility index (Phi) is 6.50. The standard InChI is InChI=1S/C16H31NO/c1-2-12-17-16(15-11-7-8-13-18-15)14-9-5-3-4-6-10-14/h14-17H,2-13H2,1H3. The van der Waals surface area contributed by atoms with Gasteiger partial charge < -0.3 is 10.1 Å². The summed E-state index contributed by atoms with van der Waals surface area (Å²) in [7, 11) is 0. The molecule has 2 atom stereocenters. The fourth-order valence-corrected chi connectivity index (χ4v) is 3.63. The largest absolute Gasteiger partial charge is 0.377 e. The van der Waals surface area contributed by atoms with Gasteiger partial charge in [0.05, 0.1) is 6.10 Å². The topological polar surface area (TPSA) is 21.3 Å². The maximum Gasteiger partial charge on any atom is 0.0730 e. The van der Waals surface area contributed by atoms with E-state index in [1.54, 1.807) is 0 Å². The number of hydrogen-bond donors (Lipinski definition) is 1. The third-order valence-electron chi connectivity index (χ3n) is 4.65. The van der Waals surface area contributed by atoms with Crippen molar-refractivity contribution < 1.29 is 4.74 Å². The molecule has 0 bridgehead atoms. The van der Waals surface area contributed by atoms with Crippen LogP contribution in [0.15, 0.2) is 0 Å². The van der Waals surface area contributed by atoms with Crippen LogP contribution in [-0.4, -0.2) is 25.3 Å². The Labute approximate surface area is 113 Å². The third kappa shape index (κ3) is 4.24. The molecule has 1 heterocycles. The molecule has 0 spiro atoms. The number of rotatable bonds is 5. The SMILES string of the molecule is CCCNC(C1CCCCCC1)C1CCCCO1. The molecule has 0 aromatic heterocycles. The zero-order chi connectivity index (χ0) is 12.6. The third-order valence-corrected chi connectivity index (χ3v) is 4.65.